The molecule has 1 unspecified atom stereocenters. The molecule has 0 radical (unpaired) electrons. The number of rotatable bonds is 13. The van der Waals surface area contributed by atoms with Crippen LogP contribution in [0.3, 0.4) is 0 Å². The van der Waals surface area contributed by atoms with E-state index < -0.39 is 0 Å². The first kappa shape index (κ1) is 17.0. The number of unbranched alkanes of at least 4 members (excludes halogenated alkanes) is 7. The summed E-state index contributed by atoms with van der Waals surface area (Å²) in [5, 5.41) is 0. The SMILES string of the molecule is CCCCCCCC(CC)OCCCCCC. The molecule has 0 aliphatic heterocycles. The van der Waals surface area contributed by atoms with Crippen LogP contribution in [0.25, 0.3) is 0 Å². The Morgan fingerprint density at radius 1 is 0.706 bits per heavy atom. The van der Waals surface area contributed by atoms with Gasteiger partial charge in [0.2, 0.25) is 0 Å². The third-order valence-corrected chi connectivity index (χ3v) is 3.44. The molecule has 0 amide bonds. The second kappa shape index (κ2) is 14.0. The maximum atomic E-state index is 5.94. The van der Waals surface area contributed by atoms with E-state index in [0.717, 1.165) is 6.61 Å². The summed E-state index contributed by atoms with van der Waals surface area (Å²) >= 11 is 0. The molecule has 0 saturated carbocycles. The summed E-state index contributed by atoms with van der Waals surface area (Å²) in [5.74, 6) is 0. The second-order valence-corrected chi connectivity index (χ2v) is 5.16. The van der Waals surface area contributed by atoms with Crippen LogP contribution in [-0.2, 0) is 4.74 Å². The van der Waals surface area contributed by atoms with Gasteiger partial charge in [-0.1, -0.05) is 72.1 Å². The highest BCUT2D eigenvalue weighted by Gasteiger charge is 2.05. The Labute approximate surface area is 109 Å². The molecule has 0 rings (SSSR count). The highest BCUT2D eigenvalue weighted by atomic mass is 16.5. The van der Waals surface area contributed by atoms with Crippen molar-refractivity contribution < 1.29 is 4.74 Å². The van der Waals surface area contributed by atoms with Gasteiger partial charge < -0.3 is 4.74 Å². The van der Waals surface area contributed by atoms with Crippen LogP contribution in [0.1, 0.15) is 91.4 Å². The predicted octanol–water partition coefficient (Wildman–Crippen LogP) is 5.72. The third-order valence-electron chi connectivity index (χ3n) is 3.44. The van der Waals surface area contributed by atoms with Crippen LogP contribution >= 0.6 is 0 Å². The number of ether oxygens (including phenoxy) is 1. The first-order valence-corrected chi connectivity index (χ1v) is 7.96. The molecule has 0 aromatic rings. The van der Waals surface area contributed by atoms with E-state index in [-0.39, 0.29) is 0 Å². The van der Waals surface area contributed by atoms with Crippen LogP contribution < -0.4 is 0 Å². The molecule has 0 saturated heterocycles. The monoisotopic (exact) mass is 242 g/mol. The lowest BCUT2D eigenvalue weighted by Crippen LogP contribution is -2.12. The first-order chi connectivity index (χ1) is 8.35. The summed E-state index contributed by atoms with van der Waals surface area (Å²) in [6.07, 6.45) is 15.1. The number of hydrogen-bond acceptors (Lipinski definition) is 1. The fraction of sp³-hybridized carbons (Fsp3) is 1.00. The normalized spacial score (nSPS) is 12.9. The molecular weight excluding hydrogens is 208 g/mol. The Morgan fingerprint density at radius 2 is 1.29 bits per heavy atom. The summed E-state index contributed by atoms with van der Waals surface area (Å²) < 4.78 is 5.94. The quantitative estimate of drug-likeness (QED) is 0.375. The standard InChI is InChI=1S/C16H34O/c1-4-7-9-11-12-14-16(6-3)17-15-13-10-8-5-2/h16H,4-15H2,1-3H3. The minimum absolute atomic E-state index is 0.526. The molecule has 0 heterocycles. The van der Waals surface area contributed by atoms with Crippen molar-refractivity contribution in [3.8, 4) is 0 Å². The van der Waals surface area contributed by atoms with Crippen molar-refractivity contribution in [2.45, 2.75) is 97.5 Å². The van der Waals surface area contributed by atoms with Gasteiger partial charge in [0, 0.05) is 6.61 Å². The van der Waals surface area contributed by atoms with Crippen LogP contribution in [0.2, 0.25) is 0 Å². The molecule has 0 aromatic heterocycles. The lowest BCUT2D eigenvalue weighted by molar-refractivity contribution is 0.0407. The fourth-order valence-corrected chi connectivity index (χ4v) is 2.16. The molecule has 104 valence electrons. The van der Waals surface area contributed by atoms with E-state index in [9.17, 15) is 0 Å². The molecule has 0 bridgehead atoms. The molecule has 0 aromatic carbocycles. The molecule has 0 aliphatic carbocycles. The highest BCUT2D eigenvalue weighted by molar-refractivity contribution is 4.56. The van der Waals surface area contributed by atoms with Gasteiger partial charge in [-0.2, -0.15) is 0 Å². The Kier molecular flexibility index (Phi) is 14.0. The van der Waals surface area contributed by atoms with Crippen molar-refractivity contribution in [1.29, 1.82) is 0 Å². The van der Waals surface area contributed by atoms with Crippen LogP contribution in [0, 0.1) is 0 Å². The fourth-order valence-electron chi connectivity index (χ4n) is 2.16. The van der Waals surface area contributed by atoms with Crippen LogP contribution in [0.4, 0.5) is 0 Å². The van der Waals surface area contributed by atoms with E-state index in [1.54, 1.807) is 0 Å². The van der Waals surface area contributed by atoms with Gasteiger partial charge in [-0.25, -0.2) is 0 Å². The maximum Gasteiger partial charge on any atom is 0.0572 e. The molecule has 0 N–H and O–H groups in total. The lowest BCUT2D eigenvalue weighted by atomic mass is 10.1. The van der Waals surface area contributed by atoms with Gasteiger partial charge in [-0.3, -0.25) is 0 Å². The Hall–Kier alpha value is -0.0400. The van der Waals surface area contributed by atoms with E-state index in [1.807, 2.05) is 0 Å². The van der Waals surface area contributed by atoms with Gasteiger partial charge in [0.1, 0.15) is 0 Å². The predicted molar refractivity (Wildman–Crippen MR) is 77.5 cm³/mol. The number of hydrogen-bond donors (Lipinski definition) is 0. The zero-order valence-electron chi connectivity index (χ0n) is 12.5. The van der Waals surface area contributed by atoms with E-state index in [4.69, 9.17) is 4.74 Å². The van der Waals surface area contributed by atoms with E-state index in [0.29, 0.717) is 6.10 Å². The Morgan fingerprint density at radius 3 is 1.88 bits per heavy atom. The molecule has 0 fully saturated rings. The van der Waals surface area contributed by atoms with Crippen LogP contribution in [0.5, 0.6) is 0 Å². The van der Waals surface area contributed by atoms with Crippen molar-refractivity contribution in [2.24, 2.45) is 0 Å². The largest absolute Gasteiger partial charge is 0.378 e. The van der Waals surface area contributed by atoms with Crippen LogP contribution in [0.15, 0.2) is 0 Å². The smallest absolute Gasteiger partial charge is 0.0572 e. The average molecular weight is 242 g/mol. The van der Waals surface area contributed by atoms with Crippen LogP contribution in [-0.4, -0.2) is 12.7 Å². The Bertz CT molecular complexity index is 119. The average Bonchev–Trinajstić information content (AvgIpc) is 2.36. The van der Waals surface area contributed by atoms with Gasteiger partial charge in [0.05, 0.1) is 6.10 Å². The minimum Gasteiger partial charge on any atom is -0.378 e. The molecular formula is C16H34O. The highest BCUT2D eigenvalue weighted by Crippen LogP contribution is 2.12. The summed E-state index contributed by atoms with van der Waals surface area (Å²) in [7, 11) is 0. The zero-order chi connectivity index (χ0) is 12.8. The molecule has 1 atom stereocenters. The summed E-state index contributed by atoms with van der Waals surface area (Å²) in [4.78, 5) is 0. The molecule has 17 heavy (non-hydrogen) atoms. The van der Waals surface area contributed by atoms with Gasteiger partial charge in [0.15, 0.2) is 0 Å². The lowest BCUT2D eigenvalue weighted by Gasteiger charge is -2.16. The minimum atomic E-state index is 0.526. The van der Waals surface area contributed by atoms with Crippen molar-refractivity contribution in [2.75, 3.05) is 6.61 Å². The van der Waals surface area contributed by atoms with Gasteiger partial charge in [0.25, 0.3) is 0 Å². The molecule has 1 heteroatoms. The van der Waals surface area contributed by atoms with E-state index in [2.05, 4.69) is 20.8 Å². The maximum absolute atomic E-state index is 5.94. The topological polar surface area (TPSA) is 9.23 Å². The third kappa shape index (κ3) is 12.2. The van der Waals surface area contributed by atoms with E-state index in [1.165, 1.54) is 70.6 Å². The van der Waals surface area contributed by atoms with Gasteiger partial charge in [-0.05, 0) is 19.3 Å². The van der Waals surface area contributed by atoms with Gasteiger partial charge >= 0.3 is 0 Å². The van der Waals surface area contributed by atoms with Crippen molar-refractivity contribution in [3.63, 3.8) is 0 Å². The second-order valence-electron chi connectivity index (χ2n) is 5.16. The van der Waals surface area contributed by atoms with Gasteiger partial charge in [-0.15, -0.1) is 0 Å². The summed E-state index contributed by atoms with van der Waals surface area (Å²) in [5.41, 5.74) is 0. The molecule has 1 nitrogen and oxygen atoms in total. The molecule has 0 aliphatic rings. The summed E-state index contributed by atoms with van der Waals surface area (Å²) in [6.45, 7) is 7.76. The Balaban J connectivity index is 3.30. The van der Waals surface area contributed by atoms with Crippen molar-refractivity contribution in [3.05, 3.63) is 0 Å². The van der Waals surface area contributed by atoms with Crippen molar-refractivity contribution >= 4 is 0 Å². The molecule has 0 spiro atoms. The van der Waals surface area contributed by atoms with Crippen molar-refractivity contribution in [1.82, 2.24) is 0 Å². The first-order valence-electron chi connectivity index (χ1n) is 7.96. The van der Waals surface area contributed by atoms with E-state index >= 15 is 0 Å². The summed E-state index contributed by atoms with van der Waals surface area (Å²) in [6, 6.07) is 0. The zero-order valence-corrected chi connectivity index (χ0v) is 12.5.